The van der Waals surface area contributed by atoms with Gasteiger partial charge in [-0.3, -0.25) is 14.2 Å². The molecule has 7 nitrogen and oxygen atoms in total. The average molecular weight is 422 g/mol. The fourth-order valence-corrected chi connectivity index (χ4v) is 3.96. The quantitative estimate of drug-likeness (QED) is 0.751. The number of carbonyl (C=O) groups is 1. The maximum Gasteiger partial charge on any atom is 0.291 e. The van der Waals surface area contributed by atoms with E-state index in [4.69, 9.17) is 4.74 Å². The van der Waals surface area contributed by atoms with Crippen molar-refractivity contribution in [3.8, 4) is 0 Å². The van der Waals surface area contributed by atoms with Crippen LogP contribution in [-0.2, 0) is 29.4 Å². The Hall–Kier alpha value is -2.88. The Morgan fingerprint density at radius 2 is 1.87 bits per heavy atom. The van der Waals surface area contributed by atoms with Gasteiger partial charge in [0.1, 0.15) is 5.82 Å². The molecule has 0 unspecified atom stereocenters. The molecule has 2 aliphatic heterocycles. The molecule has 0 N–H and O–H groups in total. The molecule has 160 valence electrons. The Morgan fingerprint density at radius 3 is 2.57 bits per heavy atom. The van der Waals surface area contributed by atoms with Gasteiger partial charge in [0.05, 0.1) is 25.3 Å². The van der Waals surface area contributed by atoms with E-state index in [2.05, 4.69) is 4.98 Å². The highest BCUT2D eigenvalue weighted by molar-refractivity contribution is 5.97. The largest absolute Gasteiger partial charge is 0.378 e. The first-order valence-electron chi connectivity index (χ1n) is 9.66. The summed E-state index contributed by atoms with van der Waals surface area (Å²) in [4.78, 5) is 32.7. The van der Waals surface area contributed by atoms with Crippen LogP contribution in [0.3, 0.4) is 0 Å². The van der Waals surface area contributed by atoms with Crippen molar-refractivity contribution < 1.29 is 22.7 Å². The Labute approximate surface area is 170 Å². The zero-order chi connectivity index (χ0) is 21.6. The minimum atomic E-state index is -1.04. The predicted octanol–water partition coefficient (Wildman–Crippen LogP) is 1.55. The average Bonchev–Trinajstić information content (AvgIpc) is 3.04. The zero-order valence-electron chi connectivity index (χ0n) is 16.6. The third-order valence-electron chi connectivity index (χ3n) is 5.54. The smallest absolute Gasteiger partial charge is 0.291 e. The number of hydrogen-bond donors (Lipinski definition) is 0. The van der Waals surface area contributed by atoms with Gasteiger partial charge in [-0.15, -0.1) is 0 Å². The maximum atomic E-state index is 14.6. The number of rotatable bonds is 3. The van der Waals surface area contributed by atoms with E-state index < -0.39 is 28.9 Å². The van der Waals surface area contributed by atoms with Gasteiger partial charge in [0.25, 0.3) is 5.56 Å². The number of nitrogens with zero attached hydrogens (tertiary/aromatic N) is 4. The molecular weight excluding hydrogens is 401 g/mol. The van der Waals surface area contributed by atoms with Crippen molar-refractivity contribution in [3.05, 3.63) is 51.3 Å². The Balaban J connectivity index is 1.66. The summed E-state index contributed by atoms with van der Waals surface area (Å²) >= 11 is 0. The summed E-state index contributed by atoms with van der Waals surface area (Å²) in [5, 5.41) is 0. The molecule has 0 spiro atoms. The van der Waals surface area contributed by atoms with Gasteiger partial charge in [-0.1, -0.05) is 0 Å². The number of fused-ring (bicyclic) bond motifs is 1. The molecular formula is C20H21F3N4O3. The van der Waals surface area contributed by atoms with E-state index in [0.717, 1.165) is 16.7 Å². The van der Waals surface area contributed by atoms with Crippen molar-refractivity contribution in [3.63, 3.8) is 0 Å². The number of amides is 1. The summed E-state index contributed by atoms with van der Waals surface area (Å²) in [6.07, 6.45) is 0.0964. The molecule has 1 fully saturated rings. The molecule has 4 rings (SSSR count). The van der Waals surface area contributed by atoms with E-state index >= 15 is 0 Å². The van der Waals surface area contributed by atoms with Gasteiger partial charge in [-0.05, 0) is 25.0 Å². The van der Waals surface area contributed by atoms with Crippen molar-refractivity contribution in [1.29, 1.82) is 0 Å². The molecule has 10 heteroatoms. The van der Waals surface area contributed by atoms with E-state index in [0.29, 0.717) is 44.0 Å². The molecule has 1 amide bonds. The summed E-state index contributed by atoms with van der Waals surface area (Å²) in [6.45, 7) is 3.30. The van der Waals surface area contributed by atoms with Gasteiger partial charge < -0.3 is 14.5 Å². The molecule has 0 aliphatic carbocycles. The van der Waals surface area contributed by atoms with Gasteiger partial charge >= 0.3 is 0 Å². The number of ether oxygens (including phenoxy) is 1. The maximum absolute atomic E-state index is 14.6. The molecule has 1 aromatic heterocycles. The van der Waals surface area contributed by atoms with Crippen LogP contribution in [0, 0.1) is 17.5 Å². The van der Waals surface area contributed by atoms with E-state index in [1.165, 1.54) is 11.9 Å². The number of benzene rings is 1. The second kappa shape index (κ2) is 7.75. The van der Waals surface area contributed by atoms with E-state index in [9.17, 15) is 22.8 Å². The standard InChI is InChI=1S/C20H21F3N4O3/c1-11-7-12-8-13(21)14(22)9-15(12)27(11)17(28)10-16-24-19(18(23)20(29)25(16)2)26-3-5-30-6-4-26/h8-9,11H,3-7,10H2,1-2H3/t11-/m1/s1. The molecule has 30 heavy (non-hydrogen) atoms. The van der Waals surface area contributed by atoms with Gasteiger partial charge in [-0.2, -0.15) is 4.39 Å². The predicted molar refractivity (Wildman–Crippen MR) is 103 cm³/mol. The second-order valence-corrected chi connectivity index (χ2v) is 7.52. The van der Waals surface area contributed by atoms with Crippen molar-refractivity contribution in [2.75, 3.05) is 36.1 Å². The SMILES string of the molecule is C[C@@H]1Cc2cc(F)c(F)cc2N1C(=O)Cc1nc(N2CCOCC2)c(F)c(=O)n1C. The van der Waals surface area contributed by atoms with Crippen molar-refractivity contribution in [2.45, 2.75) is 25.8 Å². The molecule has 3 heterocycles. The van der Waals surface area contributed by atoms with Crippen LogP contribution in [0.4, 0.5) is 24.7 Å². The number of morpholine rings is 1. The Morgan fingerprint density at radius 1 is 1.20 bits per heavy atom. The summed E-state index contributed by atoms with van der Waals surface area (Å²) in [7, 11) is 1.35. The van der Waals surface area contributed by atoms with Gasteiger partial charge in [0.15, 0.2) is 17.5 Å². The summed E-state index contributed by atoms with van der Waals surface area (Å²) in [5.74, 6) is -3.43. The minimum absolute atomic E-state index is 0.0936. The van der Waals surface area contributed by atoms with E-state index in [-0.39, 0.29) is 24.1 Å². The summed E-state index contributed by atoms with van der Waals surface area (Å²) in [5.41, 5.74) is -0.0473. The van der Waals surface area contributed by atoms with E-state index in [1.807, 2.05) is 0 Å². The van der Waals surface area contributed by atoms with Crippen LogP contribution >= 0.6 is 0 Å². The van der Waals surface area contributed by atoms with Crippen LogP contribution in [0.15, 0.2) is 16.9 Å². The fraction of sp³-hybridized carbons (Fsp3) is 0.450. The number of halogens is 3. The topological polar surface area (TPSA) is 67.7 Å². The minimum Gasteiger partial charge on any atom is -0.378 e. The van der Waals surface area contributed by atoms with Crippen LogP contribution in [0.2, 0.25) is 0 Å². The van der Waals surface area contributed by atoms with Crippen molar-refractivity contribution in [2.24, 2.45) is 7.05 Å². The van der Waals surface area contributed by atoms with Crippen LogP contribution in [0.5, 0.6) is 0 Å². The highest BCUT2D eigenvalue weighted by Gasteiger charge is 2.33. The highest BCUT2D eigenvalue weighted by atomic mass is 19.2. The molecule has 2 aromatic rings. The lowest BCUT2D eigenvalue weighted by atomic mass is 10.1. The highest BCUT2D eigenvalue weighted by Crippen LogP contribution is 2.34. The Kier molecular flexibility index (Phi) is 5.27. The summed E-state index contributed by atoms with van der Waals surface area (Å²) < 4.78 is 48.1. The molecule has 2 aliphatic rings. The number of anilines is 2. The van der Waals surface area contributed by atoms with Gasteiger partial charge in [-0.25, -0.2) is 13.8 Å². The molecule has 1 saturated heterocycles. The van der Waals surface area contributed by atoms with Crippen LogP contribution in [-0.4, -0.2) is 47.8 Å². The third kappa shape index (κ3) is 3.45. The second-order valence-electron chi connectivity index (χ2n) is 7.52. The van der Waals surface area contributed by atoms with Crippen LogP contribution in [0.25, 0.3) is 0 Å². The van der Waals surface area contributed by atoms with Crippen LogP contribution < -0.4 is 15.4 Å². The third-order valence-corrected chi connectivity index (χ3v) is 5.54. The van der Waals surface area contributed by atoms with E-state index in [1.54, 1.807) is 11.8 Å². The number of aromatic nitrogens is 2. The van der Waals surface area contributed by atoms with Crippen molar-refractivity contribution >= 4 is 17.4 Å². The normalized spacial score (nSPS) is 18.6. The zero-order valence-corrected chi connectivity index (χ0v) is 16.6. The van der Waals surface area contributed by atoms with Crippen LogP contribution in [0.1, 0.15) is 18.3 Å². The molecule has 0 bridgehead atoms. The van der Waals surface area contributed by atoms with Gasteiger partial charge in [0.2, 0.25) is 11.7 Å². The molecule has 0 saturated carbocycles. The lowest BCUT2D eigenvalue weighted by Crippen LogP contribution is -2.41. The monoisotopic (exact) mass is 422 g/mol. The fourth-order valence-electron chi connectivity index (χ4n) is 3.96. The Bertz CT molecular complexity index is 1070. The molecule has 0 radical (unpaired) electrons. The lowest BCUT2D eigenvalue weighted by molar-refractivity contribution is -0.118. The first-order chi connectivity index (χ1) is 14.3. The molecule has 1 atom stereocenters. The lowest BCUT2D eigenvalue weighted by Gasteiger charge is -2.28. The van der Waals surface area contributed by atoms with Gasteiger partial charge in [0, 0.05) is 32.2 Å². The van der Waals surface area contributed by atoms with Crippen molar-refractivity contribution in [1.82, 2.24) is 9.55 Å². The summed E-state index contributed by atoms with van der Waals surface area (Å²) in [6, 6.07) is 1.78. The first-order valence-corrected chi connectivity index (χ1v) is 9.66. The molecule has 1 aromatic carbocycles. The number of hydrogen-bond acceptors (Lipinski definition) is 5. The first kappa shape index (κ1) is 20.4. The number of carbonyl (C=O) groups excluding carboxylic acids is 1.